The van der Waals surface area contributed by atoms with Gasteiger partial charge in [0.1, 0.15) is 0 Å². The van der Waals surface area contributed by atoms with E-state index in [2.05, 4.69) is 26.2 Å². The fourth-order valence-corrected chi connectivity index (χ4v) is 2.25. The molecule has 2 amide bonds. The van der Waals surface area contributed by atoms with E-state index in [1.807, 2.05) is 0 Å². The van der Waals surface area contributed by atoms with Gasteiger partial charge in [-0.05, 0) is 46.3 Å². The molecule has 1 N–H and O–H groups in total. The van der Waals surface area contributed by atoms with Gasteiger partial charge in [-0.25, -0.2) is 4.79 Å². The normalized spacial score (nSPS) is 10.0. The minimum Gasteiger partial charge on any atom is -0.452 e. The molecular formula is C17H16BrN3O4. The first kappa shape index (κ1) is 18.6. The number of carbonyl (C=O) groups excluding carboxylic acids is 3. The molecule has 2 aromatic rings. The van der Waals surface area contributed by atoms with E-state index in [1.165, 1.54) is 17.3 Å². The van der Waals surface area contributed by atoms with Gasteiger partial charge in [0.25, 0.3) is 11.8 Å². The Morgan fingerprint density at radius 1 is 1.12 bits per heavy atom. The molecule has 0 fully saturated rings. The zero-order valence-corrected chi connectivity index (χ0v) is 15.2. The van der Waals surface area contributed by atoms with Crippen molar-refractivity contribution >= 4 is 39.4 Å². The van der Waals surface area contributed by atoms with Gasteiger partial charge in [0.15, 0.2) is 6.61 Å². The van der Waals surface area contributed by atoms with Gasteiger partial charge in [-0.3, -0.25) is 14.6 Å². The Labute approximate surface area is 153 Å². The lowest BCUT2D eigenvalue weighted by Gasteiger charge is -2.11. The van der Waals surface area contributed by atoms with Crippen LogP contribution in [0.2, 0.25) is 0 Å². The van der Waals surface area contributed by atoms with Crippen molar-refractivity contribution in [2.75, 3.05) is 26.0 Å². The lowest BCUT2D eigenvalue weighted by Crippen LogP contribution is -2.22. The van der Waals surface area contributed by atoms with Crippen LogP contribution >= 0.6 is 15.9 Å². The van der Waals surface area contributed by atoms with Crippen LogP contribution in [0.25, 0.3) is 0 Å². The molecule has 8 heteroatoms. The maximum atomic E-state index is 11.9. The molecule has 0 aliphatic carbocycles. The van der Waals surface area contributed by atoms with Crippen molar-refractivity contribution in [3.05, 3.63) is 58.3 Å². The third kappa shape index (κ3) is 5.39. The minimum atomic E-state index is -0.643. The number of aromatic nitrogens is 1. The van der Waals surface area contributed by atoms with Crippen molar-refractivity contribution in [2.24, 2.45) is 0 Å². The number of hydrogen-bond acceptors (Lipinski definition) is 5. The van der Waals surface area contributed by atoms with E-state index in [0.29, 0.717) is 15.7 Å². The molecule has 7 nitrogen and oxygen atoms in total. The number of benzene rings is 1. The number of ether oxygens (including phenoxy) is 1. The van der Waals surface area contributed by atoms with Crippen molar-refractivity contribution in [1.82, 2.24) is 9.88 Å². The van der Waals surface area contributed by atoms with Gasteiger partial charge in [-0.15, -0.1) is 0 Å². The molecule has 1 aromatic carbocycles. The van der Waals surface area contributed by atoms with Crippen LogP contribution in [-0.2, 0) is 9.53 Å². The molecule has 130 valence electrons. The molecule has 0 unspecified atom stereocenters. The second kappa shape index (κ2) is 8.39. The van der Waals surface area contributed by atoms with E-state index in [-0.39, 0.29) is 11.5 Å². The van der Waals surface area contributed by atoms with E-state index in [4.69, 9.17) is 4.74 Å². The highest BCUT2D eigenvalue weighted by Crippen LogP contribution is 2.12. The Morgan fingerprint density at radius 2 is 1.80 bits per heavy atom. The Hall–Kier alpha value is -2.74. The van der Waals surface area contributed by atoms with Crippen molar-refractivity contribution in [3.8, 4) is 0 Å². The SMILES string of the molecule is CN(C)C(=O)c1ccc(NC(=O)COC(=O)c2cncc(Br)c2)cc1. The highest BCUT2D eigenvalue weighted by Gasteiger charge is 2.12. The molecule has 0 bridgehead atoms. The molecule has 1 heterocycles. The quantitative estimate of drug-likeness (QED) is 0.771. The third-order valence-electron chi connectivity index (χ3n) is 3.10. The predicted molar refractivity (Wildman–Crippen MR) is 95.3 cm³/mol. The van der Waals surface area contributed by atoms with Crippen LogP contribution in [0.4, 0.5) is 5.69 Å². The summed E-state index contributed by atoms with van der Waals surface area (Å²) in [7, 11) is 3.32. The summed E-state index contributed by atoms with van der Waals surface area (Å²) in [6.07, 6.45) is 2.89. The van der Waals surface area contributed by atoms with Gasteiger partial charge < -0.3 is 15.0 Å². The number of pyridine rings is 1. The molecule has 0 atom stereocenters. The summed E-state index contributed by atoms with van der Waals surface area (Å²) in [6.45, 7) is -0.427. The smallest absolute Gasteiger partial charge is 0.340 e. The van der Waals surface area contributed by atoms with Gasteiger partial charge in [0, 0.05) is 42.2 Å². The summed E-state index contributed by atoms with van der Waals surface area (Å²) in [5, 5.41) is 2.59. The van der Waals surface area contributed by atoms with Gasteiger partial charge in [0.05, 0.1) is 5.56 Å². The topological polar surface area (TPSA) is 88.6 Å². The van der Waals surface area contributed by atoms with E-state index in [9.17, 15) is 14.4 Å². The molecule has 0 radical (unpaired) electrons. The average Bonchev–Trinajstić information content (AvgIpc) is 2.59. The third-order valence-corrected chi connectivity index (χ3v) is 3.53. The van der Waals surface area contributed by atoms with Gasteiger partial charge in [0.2, 0.25) is 0 Å². The lowest BCUT2D eigenvalue weighted by molar-refractivity contribution is -0.119. The number of rotatable bonds is 5. The number of hydrogen-bond donors (Lipinski definition) is 1. The van der Waals surface area contributed by atoms with Crippen LogP contribution in [0.5, 0.6) is 0 Å². The molecule has 0 saturated heterocycles. The number of anilines is 1. The van der Waals surface area contributed by atoms with Gasteiger partial charge >= 0.3 is 5.97 Å². The number of amides is 2. The molecular weight excluding hydrogens is 390 g/mol. The zero-order chi connectivity index (χ0) is 18.4. The van der Waals surface area contributed by atoms with E-state index in [1.54, 1.807) is 44.4 Å². The van der Waals surface area contributed by atoms with Crippen LogP contribution < -0.4 is 5.32 Å². The number of halogens is 1. The van der Waals surface area contributed by atoms with Crippen LogP contribution in [0, 0.1) is 0 Å². The van der Waals surface area contributed by atoms with Crippen molar-refractivity contribution < 1.29 is 19.1 Å². The Balaban J connectivity index is 1.88. The maximum absolute atomic E-state index is 11.9. The summed E-state index contributed by atoms with van der Waals surface area (Å²) in [6, 6.07) is 7.98. The zero-order valence-electron chi connectivity index (χ0n) is 13.7. The summed E-state index contributed by atoms with van der Waals surface area (Å²) < 4.78 is 5.58. The van der Waals surface area contributed by atoms with Crippen molar-refractivity contribution in [3.63, 3.8) is 0 Å². The summed E-state index contributed by atoms with van der Waals surface area (Å²) in [5.74, 6) is -1.26. The monoisotopic (exact) mass is 405 g/mol. The largest absolute Gasteiger partial charge is 0.452 e. The fraction of sp³-hybridized carbons (Fsp3) is 0.176. The number of carbonyl (C=O) groups is 3. The fourth-order valence-electron chi connectivity index (χ4n) is 1.89. The summed E-state index contributed by atoms with van der Waals surface area (Å²) >= 11 is 3.20. The predicted octanol–water partition coefficient (Wildman–Crippen LogP) is 2.34. The first-order valence-corrected chi connectivity index (χ1v) is 8.05. The molecule has 0 aliphatic heterocycles. The second-order valence-corrected chi connectivity index (χ2v) is 6.21. The van der Waals surface area contributed by atoms with Crippen LogP contribution in [-0.4, -0.2) is 48.4 Å². The number of esters is 1. The standard InChI is InChI=1S/C17H16BrN3O4/c1-21(2)16(23)11-3-5-14(6-4-11)20-15(22)10-25-17(24)12-7-13(18)9-19-8-12/h3-9H,10H2,1-2H3,(H,20,22). The van der Waals surface area contributed by atoms with Crippen LogP contribution in [0.1, 0.15) is 20.7 Å². The van der Waals surface area contributed by atoms with Crippen LogP contribution in [0.3, 0.4) is 0 Å². The molecule has 1 aromatic heterocycles. The maximum Gasteiger partial charge on any atom is 0.340 e. The molecule has 25 heavy (non-hydrogen) atoms. The summed E-state index contributed by atoms with van der Waals surface area (Å²) in [4.78, 5) is 40.8. The molecule has 0 aliphatic rings. The first-order valence-electron chi connectivity index (χ1n) is 7.26. The Morgan fingerprint density at radius 3 is 2.40 bits per heavy atom. The van der Waals surface area contributed by atoms with E-state index < -0.39 is 18.5 Å². The first-order chi connectivity index (χ1) is 11.9. The van der Waals surface area contributed by atoms with Crippen molar-refractivity contribution in [2.45, 2.75) is 0 Å². The van der Waals surface area contributed by atoms with Crippen LogP contribution in [0.15, 0.2) is 47.2 Å². The highest BCUT2D eigenvalue weighted by molar-refractivity contribution is 9.10. The average molecular weight is 406 g/mol. The van der Waals surface area contributed by atoms with Gasteiger partial charge in [-0.1, -0.05) is 0 Å². The molecule has 2 rings (SSSR count). The van der Waals surface area contributed by atoms with E-state index in [0.717, 1.165) is 0 Å². The van der Waals surface area contributed by atoms with Crippen molar-refractivity contribution in [1.29, 1.82) is 0 Å². The molecule has 0 spiro atoms. The Bertz CT molecular complexity index is 791. The minimum absolute atomic E-state index is 0.130. The number of nitrogens with zero attached hydrogens (tertiary/aromatic N) is 2. The van der Waals surface area contributed by atoms with E-state index >= 15 is 0 Å². The molecule has 0 saturated carbocycles. The Kier molecular flexibility index (Phi) is 6.24. The highest BCUT2D eigenvalue weighted by atomic mass is 79.9. The van der Waals surface area contributed by atoms with Gasteiger partial charge in [-0.2, -0.15) is 0 Å². The summed E-state index contributed by atoms with van der Waals surface area (Å²) in [5.41, 5.74) is 1.26. The number of nitrogens with one attached hydrogen (secondary N) is 1. The lowest BCUT2D eigenvalue weighted by atomic mass is 10.2. The second-order valence-electron chi connectivity index (χ2n) is 5.29.